The van der Waals surface area contributed by atoms with Crippen LogP contribution in [-0.2, 0) is 6.51 Å². The summed E-state index contributed by atoms with van der Waals surface area (Å²) in [6.45, 7) is 17.7. The SMILES string of the molecule is CC[C]12[CH]3[CH]4[C]5(CC)[C]1(CC)[Fe]34251678[C]2(CC)[C]1(CC)[C]6(CC)[C]7(CC)[C]28CC. The zero-order chi connectivity index (χ0) is 19.1. The fraction of sp³-hybridized carbons (Fsp3) is 1.00. The summed E-state index contributed by atoms with van der Waals surface area (Å²) in [6.07, 6.45) is 12.9. The molecule has 10 aliphatic rings. The Morgan fingerprint density at radius 2 is 0.667 bits per heavy atom. The van der Waals surface area contributed by atoms with E-state index in [4.69, 9.17) is 0 Å². The standard InChI is InChI=1S/C15H25.C11H17.Fe/c1-6-11-12(7-2)14(9-4)15(10-5)13(11)8-3;1-4-9-7-8-10(5-2)11(9)6-3;/h6-10H2,1-5H3;7-8H,4-6H2,1-3H3;. The molecular formula is C26H42Fe. The van der Waals surface area contributed by atoms with Gasteiger partial charge in [-0.25, -0.2) is 0 Å². The first-order valence-electron chi connectivity index (χ1n) is 13.0. The summed E-state index contributed by atoms with van der Waals surface area (Å²) < 4.78 is 7.60. The van der Waals surface area contributed by atoms with Crippen LogP contribution in [0, 0.1) is 0 Å². The van der Waals surface area contributed by atoms with Gasteiger partial charge in [-0.2, -0.15) is 0 Å². The van der Waals surface area contributed by atoms with Crippen LogP contribution >= 0.6 is 0 Å². The van der Waals surface area contributed by atoms with E-state index in [-0.39, 0.29) is 0 Å². The van der Waals surface area contributed by atoms with Gasteiger partial charge in [0.25, 0.3) is 0 Å². The van der Waals surface area contributed by atoms with Crippen LogP contribution in [0.4, 0.5) is 0 Å². The van der Waals surface area contributed by atoms with Crippen molar-refractivity contribution < 1.29 is 6.51 Å². The molecule has 0 aliphatic carbocycles. The molecule has 4 atom stereocenters. The summed E-state index contributed by atoms with van der Waals surface area (Å²) in [5, 5.41) is 0. The van der Waals surface area contributed by atoms with Crippen LogP contribution in [0.15, 0.2) is 0 Å². The van der Waals surface area contributed by atoms with E-state index in [1.807, 2.05) is 0 Å². The quantitative estimate of drug-likeness (QED) is 0.349. The molecule has 0 bridgehead atoms. The minimum absolute atomic E-state index is 0.946. The van der Waals surface area contributed by atoms with Crippen molar-refractivity contribution in [3.05, 3.63) is 0 Å². The molecule has 10 rings (SSSR count). The molecule has 0 N–H and O–H groups in total. The van der Waals surface area contributed by atoms with Gasteiger partial charge in [0.15, 0.2) is 0 Å². The van der Waals surface area contributed by atoms with Gasteiger partial charge < -0.3 is 0 Å². The normalized spacial score (nSPS) is 99.0. The Hall–Kier alpha value is 0.519. The van der Waals surface area contributed by atoms with Crippen LogP contribution in [-0.4, -0.2) is 0 Å². The Morgan fingerprint density at radius 3 is 0.852 bits per heavy atom. The molecule has 0 radical (unpaired) electrons. The Morgan fingerprint density at radius 1 is 0.407 bits per heavy atom. The van der Waals surface area contributed by atoms with E-state index in [1.54, 1.807) is 51.4 Å². The van der Waals surface area contributed by atoms with Gasteiger partial charge in [0.2, 0.25) is 0 Å². The van der Waals surface area contributed by atoms with Gasteiger partial charge in [-0.05, 0) is 0 Å². The Balaban J connectivity index is 1.66. The average Bonchev–Trinajstić information content (AvgIpc) is 3.66. The first-order valence-corrected chi connectivity index (χ1v) is 18.7. The molecule has 0 nitrogen and oxygen atoms in total. The molecule has 10 aliphatic heterocycles. The molecule has 10 heterocycles. The van der Waals surface area contributed by atoms with Crippen LogP contribution in [0.3, 0.4) is 0 Å². The summed E-state index contributed by atoms with van der Waals surface area (Å²) in [5.41, 5.74) is 0. The van der Waals surface area contributed by atoms with Crippen molar-refractivity contribution in [2.75, 3.05) is 0 Å². The molecule has 0 aromatic heterocycles. The van der Waals surface area contributed by atoms with Crippen molar-refractivity contribution >= 4 is 0 Å². The molecule has 4 unspecified atom stereocenters. The summed E-state index contributed by atoms with van der Waals surface area (Å²) in [4.78, 5) is 2.72. The molecule has 0 aromatic carbocycles. The molecule has 0 aromatic rings. The number of hydrogen-bond acceptors (Lipinski definition) is 0. The number of rotatable bonds is 8. The maximum absolute atomic E-state index is 4.03. The van der Waals surface area contributed by atoms with Crippen molar-refractivity contribution in [3.63, 3.8) is 0 Å². The topological polar surface area (TPSA) is 0 Å². The van der Waals surface area contributed by atoms with Crippen molar-refractivity contribution in [1.29, 1.82) is 0 Å². The summed E-state index contributed by atoms with van der Waals surface area (Å²) in [7, 11) is 0. The van der Waals surface area contributed by atoms with Crippen LogP contribution in [0.1, 0.15) is 107 Å². The van der Waals surface area contributed by atoms with Crippen LogP contribution < -0.4 is 0 Å². The van der Waals surface area contributed by atoms with Gasteiger partial charge in [-0.15, -0.1) is 0 Å². The van der Waals surface area contributed by atoms with E-state index >= 15 is 0 Å². The zero-order valence-corrected chi connectivity index (χ0v) is 20.3. The first kappa shape index (κ1) is 14.5. The molecule has 10 fully saturated rings. The average molecular weight is 410 g/mol. The fourth-order valence-electron chi connectivity index (χ4n) is 31.1. The van der Waals surface area contributed by atoms with Gasteiger partial charge >= 0.3 is 157 Å². The monoisotopic (exact) mass is 410 g/mol. The Kier molecular flexibility index (Phi) is 0.803. The second-order valence-electron chi connectivity index (χ2n) is 14.2. The van der Waals surface area contributed by atoms with Gasteiger partial charge in [0.05, 0.1) is 0 Å². The zero-order valence-electron chi connectivity index (χ0n) is 19.2. The van der Waals surface area contributed by atoms with Crippen LogP contribution in [0.25, 0.3) is 0 Å². The van der Waals surface area contributed by atoms with Crippen LogP contribution in [0.5, 0.6) is 0 Å². The van der Waals surface area contributed by atoms with Crippen molar-refractivity contribution in [2.24, 2.45) is 0 Å². The Bertz CT molecular complexity index is 1160. The maximum atomic E-state index is 2.72. The molecule has 27 heavy (non-hydrogen) atoms. The molecule has 1 heteroatoms. The van der Waals surface area contributed by atoms with E-state index in [9.17, 15) is 0 Å². The molecule has 0 amide bonds. The third kappa shape index (κ3) is 0.142. The predicted octanol–water partition coefficient (Wildman–Crippen LogP) is 9.62. The van der Waals surface area contributed by atoms with E-state index in [1.165, 1.54) is 9.63 Å². The third-order valence-electron chi connectivity index (χ3n) is 22.3. The summed E-state index contributed by atoms with van der Waals surface area (Å²) >= 11 is 0. The van der Waals surface area contributed by atoms with Gasteiger partial charge in [-0.1, -0.05) is 0 Å². The van der Waals surface area contributed by atoms with Crippen molar-refractivity contribution in [3.8, 4) is 0 Å². The minimum atomic E-state index is -4.03. The second-order valence-corrected chi connectivity index (χ2v) is 36.4. The Labute approximate surface area is 157 Å². The number of hydrogen-bond donors (Lipinski definition) is 0. The van der Waals surface area contributed by atoms with E-state index in [0.717, 1.165) is 34.5 Å². The van der Waals surface area contributed by atoms with E-state index < -0.39 is 6.51 Å². The first-order chi connectivity index (χ1) is 12.8. The number of fused-ring (bicyclic) bond motifs is 10. The predicted molar refractivity (Wildman–Crippen MR) is 111 cm³/mol. The van der Waals surface area contributed by atoms with E-state index in [2.05, 4.69) is 55.4 Å². The fourth-order valence-corrected chi connectivity index (χ4v) is 131. The molecule has 0 saturated carbocycles. The van der Waals surface area contributed by atoms with Gasteiger partial charge in [-0.3, -0.25) is 0 Å². The third-order valence-corrected chi connectivity index (χ3v) is 73.3. The van der Waals surface area contributed by atoms with Gasteiger partial charge in [0, 0.05) is 0 Å². The molecular weight excluding hydrogens is 368 g/mol. The summed E-state index contributed by atoms with van der Waals surface area (Å²) in [5.74, 6) is 0. The van der Waals surface area contributed by atoms with Crippen molar-refractivity contribution in [1.82, 2.24) is 0 Å². The van der Waals surface area contributed by atoms with Crippen LogP contribution in [0.2, 0.25) is 44.1 Å². The van der Waals surface area contributed by atoms with Crippen molar-refractivity contribution in [2.45, 2.75) is 151 Å². The second kappa shape index (κ2) is 1.49. The summed E-state index contributed by atoms with van der Waals surface area (Å²) in [6, 6.07) is 0. The van der Waals surface area contributed by atoms with E-state index in [0.29, 0.717) is 0 Å². The molecule has 10 saturated heterocycles. The molecule has 154 valence electrons. The van der Waals surface area contributed by atoms with Gasteiger partial charge in [0.1, 0.15) is 0 Å². The molecule has 1 spiro atoms.